The second-order valence-electron chi connectivity index (χ2n) is 6.19. The van der Waals surface area contributed by atoms with Crippen molar-refractivity contribution in [3.05, 3.63) is 34.6 Å². The number of fused-ring (bicyclic) bond motifs is 1. The Morgan fingerprint density at radius 1 is 1.08 bits per heavy atom. The van der Waals surface area contributed by atoms with Crippen LogP contribution in [0.25, 0.3) is 0 Å². The first kappa shape index (κ1) is 16.6. The summed E-state index contributed by atoms with van der Waals surface area (Å²) in [6.07, 6.45) is -0.422. The number of hydrogen-bond donors (Lipinski definition) is 1. The molecular weight excluding hydrogens is 325 g/mol. The van der Waals surface area contributed by atoms with Crippen LogP contribution >= 0.6 is 0 Å². The number of aromatic carboxylic acids is 1. The molecule has 1 aromatic rings. The van der Waals surface area contributed by atoms with Crippen molar-refractivity contribution in [1.82, 2.24) is 9.80 Å². The summed E-state index contributed by atoms with van der Waals surface area (Å²) in [6, 6.07) is 1.84. The quantitative estimate of drug-likeness (QED) is 0.854. The van der Waals surface area contributed by atoms with Gasteiger partial charge < -0.3 is 14.9 Å². The lowest BCUT2D eigenvalue weighted by atomic mass is 9.94. The fourth-order valence-electron chi connectivity index (χ4n) is 3.24. The van der Waals surface area contributed by atoms with Crippen LogP contribution in [0.4, 0.5) is 18.0 Å². The van der Waals surface area contributed by atoms with Crippen LogP contribution in [0.1, 0.15) is 34.3 Å². The Morgan fingerprint density at radius 3 is 2.38 bits per heavy atom. The van der Waals surface area contributed by atoms with Crippen LogP contribution in [0.5, 0.6) is 0 Å². The molecule has 0 saturated carbocycles. The molecule has 1 aromatic carbocycles. The number of carbonyl (C=O) groups excluding carboxylic acids is 1. The summed E-state index contributed by atoms with van der Waals surface area (Å²) in [5.41, 5.74) is 0.891. The Hall–Kier alpha value is -2.25. The molecule has 0 aromatic heterocycles. The van der Waals surface area contributed by atoms with Gasteiger partial charge in [0, 0.05) is 39.0 Å². The van der Waals surface area contributed by atoms with Crippen molar-refractivity contribution in [1.29, 1.82) is 0 Å². The molecule has 1 fully saturated rings. The Bertz CT molecular complexity index is 683. The molecule has 0 radical (unpaired) electrons. The average molecular weight is 342 g/mol. The molecule has 0 unspecified atom stereocenters. The molecular formula is C16H17F3N2O3. The molecule has 1 saturated heterocycles. The Kier molecular flexibility index (Phi) is 4.15. The second-order valence-corrected chi connectivity index (χ2v) is 6.19. The van der Waals surface area contributed by atoms with E-state index in [-0.39, 0.29) is 50.6 Å². The van der Waals surface area contributed by atoms with Gasteiger partial charge in [0.15, 0.2) is 0 Å². The van der Waals surface area contributed by atoms with E-state index in [1.807, 2.05) is 0 Å². The predicted octanol–water partition coefficient (Wildman–Crippen LogP) is 2.73. The van der Waals surface area contributed by atoms with E-state index in [0.29, 0.717) is 17.5 Å². The van der Waals surface area contributed by atoms with E-state index in [1.165, 1.54) is 15.9 Å². The number of halogens is 3. The molecule has 2 aliphatic heterocycles. The first-order valence-electron chi connectivity index (χ1n) is 7.73. The summed E-state index contributed by atoms with van der Waals surface area (Å²) in [7, 11) is 0. The van der Waals surface area contributed by atoms with Crippen LogP contribution < -0.4 is 0 Å². The fraction of sp³-hybridized carbons (Fsp3) is 0.500. The normalized spacial score (nSPS) is 19.8. The van der Waals surface area contributed by atoms with E-state index >= 15 is 0 Å². The average Bonchev–Trinajstić information content (AvgIpc) is 2.52. The third-order valence-electron chi connectivity index (χ3n) is 4.57. The first-order chi connectivity index (χ1) is 11.3. The minimum Gasteiger partial charge on any atom is -0.478 e. The maximum atomic E-state index is 13.6. The number of alkyl halides is 2. The molecule has 0 spiro atoms. The molecule has 1 N–H and O–H groups in total. The highest BCUT2D eigenvalue weighted by Gasteiger charge is 2.37. The zero-order chi connectivity index (χ0) is 17.5. The highest BCUT2D eigenvalue weighted by molar-refractivity contribution is 5.90. The predicted molar refractivity (Wildman–Crippen MR) is 78.6 cm³/mol. The molecule has 24 heavy (non-hydrogen) atoms. The highest BCUT2D eigenvalue weighted by Crippen LogP contribution is 2.29. The monoisotopic (exact) mass is 342 g/mol. The number of likely N-dealkylation sites (tertiary alicyclic amines) is 1. The van der Waals surface area contributed by atoms with Crippen molar-refractivity contribution in [2.24, 2.45) is 0 Å². The Labute approximate surface area is 136 Å². The maximum Gasteiger partial charge on any atom is 0.336 e. The Balaban J connectivity index is 1.76. The largest absolute Gasteiger partial charge is 0.478 e. The van der Waals surface area contributed by atoms with Crippen LogP contribution in [0.3, 0.4) is 0 Å². The minimum atomic E-state index is -2.73. The summed E-state index contributed by atoms with van der Waals surface area (Å²) < 4.78 is 40.0. The topological polar surface area (TPSA) is 60.9 Å². The van der Waals surface area contributed by atoms with Gasteiger partial charge in [0.2, 0.25) is 0 Å². The van der Waals surface area contributed by atoms with Crippen LogP contribution in [0.15, 0.2) is 12.1 Å². The molecule has 130 valence electrons. The van der Waals surface area contributed by atoms with Crippen molar-refractivity contribution in [3.8, 4) is 0 Å². The summed E-state index contributed by atoms with van der Waals surface area (Å²) >= 11 is 0. The van der Waals surface area contributed by atoms with Crippen molar-refractivity contribution in [2.45, 2.75) is 31.7 Å². The van der Waals surface area contributed by atoms with Gasteiger partial charge in [-0.15, -0.1) is 0 Å². The van der Waals surface area contributed by atoms with Crippen molar-refractivity contribution in [3.63, 3.8) is 0 Å². The van der Waals surface area contributed by atoms with Crippen LogP contribution in [-0.4, -0.2) is 52.5 Å². The third-order valence-corrected chi connectivity index (χ3v) is 4.57. The molecule has 0 bridgehead atoms. The van der Waals surface area contributed by atoms with Crippen molar-refractivity contribution in [2.75, 3.05) is 19.6 Å². The smallest absolute Gasteiger partial charge is 0.336 e. The van der Waals surface area contributed by atoms with Gasteiger partial charge in [0.1, 0.15) is 5.82 Å². The molecule has 0 atom stereocenters. The number of hydrogen-bond acceptors (Lipinski definition) is 2. The van der Waals surface area contributed by atoms with E-state index in [0.717, 1.165) is 6.07 Å². The summed E-state index contributed by atoms with van der Waals surface area (Å²) in [4.78, 5) is 26.5. The SMILES string of the molecule is O=C(O)c1cc(F)cc2c1CCN(C(=O)N1CCC(F)(F)CC1)C2. The minimum absolute atomic E-state index is 0.0152. The number of amides is 2. The summed E-state index contributed by atoms with van der Waals surface area (Å²) in [5.74, 6) is -4.60. The molecule has 2 aliphatic rings. The van der Waals surface area contributed by atoms with E-state index in [9.17, 15) is 22.8 Å². The van der Waals surface area contributed by atoms with Gasteiger partial charge in [-0.2, -0.15) is 0 Å². The molecule has 2 heterocycles. The Morgan fingerprint density at radius 2 is 1.75 bits per heavy atom. The van der Waals surface area contributed by atoms with Gasteiger partial charge in [-0.1, -0.05) is 0 Å². The summed E-state index contributed by atoms with van der Waals surface area (Å²) in [5, 5.41) is 9.17. The van der Waals surface area contributed by atoms with E-state index in [1.54, 1.807) is 0 Å². The van der Waals surface area contributed by atoms with Gasteiger partial charge in [-0.3, -0.25) is 0 Å². The maximum absolute atomic E-state index is 13.6. The first-order valence-corrected chi connectivity index (χ1v) is 7.73. The number of carbonyl (C=O) groups is 2. The molecule has 0 aliphatic carbocycles. The molecule has 2 amide bonds. The van der Waals surface area contributed by atoms with Gasteiger partial charge in [-0.05, 0) is 29.7 Å². The number of urea groups is 1. The zero-order valence-corrected chi connectivity index (χ0v) is 12.9. The third kappa shape index (κ3) is 3.18. The van der Waals surface area contributed by atoms with Crippen LogP contribution in [0.2, 0.25) is 0 Å². The lowest BCUT2D eigenvalue weighted by Gasteiger charge is -2.37. The molecule has 5 nitrogen and oxygen atoms in total. The van der Waals surface area contributed by atoms with E-state index < -0.39 is 17.7 Å². The molecule has 3 rings (SSSR count). The zero-order valence-electron chi connectivity index (χ0n) is 12.9. The van der Waals surface area contributed by atoms with Gasteiger partial charge in [-0.25, -0.2) is 22.8 Å². The van der Waals surface area contributed by atoms with Crippen molar-refractivity contribution >= 4 is 12.0 Å². The number of nitrogens with zero attached hydrogens (tertiary/aromatic N) is 2. The van der Waals surface area contributed by atoms with E-state index in [4.69, 9.17) is 5.11 Å². The lowest BCUT2D eigenvalue weighted by molar-refractivity contribution is -0.0493. The lowest BCUT2D eigenvalue weighted by Crippen LogP contribution is -2.50. The number of carboxylic acids is 1. The van der Waals surface area contributed by atoms with Crippen molar-refractivity contribution < 1.29 is 27.9 Å². The van der Waals surface area contributed by atoms with Gasteiger partial charge in [0.05, 0.1) is 5.56 Å². The summed E-state index contributed by atoms with van der Waals surface area (Å²) in [6.45, 7) is 0.334. The van der Waals surface area contributed by atoms with Gasteiger partial charge in [0.25, 0.3) is 5.92 Å². The van der Waals surface area contributed by atoms with Gasteiger partial charge >= 0.3 is 12.0 Å². The van der Waals surface area contributed by atoms with Crippen LogP contribution in [0, 0.1) is 5.82 Å². The fourth-order valence-corrected chi connectivity index (χ4v) is 3.24. The second kappa shape index (κ2) is 5.99. The number of piperidine rings is 1. The number of carboxylic acid groups (broad SMARTS) is 1. The number of rotatable bonds is 1. The van der Waals surface area contributed by atoms with Crippen LogP contribution in [-0.2, 0) is 13.0 Å². The number of benzene rings is 1. The molecule has 8 heteroatoms. The standard InChI is InChI=1S/C16H17F3N2O3/c17-11-7-10-9-21(4-1-12(10)13(8-11)14(22)23)15(24)20-5-2-16(18,19)3-6-20/h7-8H,1-6,9H2,(H,22,23). The van der Waals surface area contributed by atoms with E-state index in [2.05, 4.69) is 0 Å². The highest BCUT2D eigenvalue weighted by atomic mass is 19.3.